The first-order chi connectivity index (χ1) is 12.6. The van der Waals surface area contributed by atoms with Crippen molar-refractivity contribution in [1.29, 1.82) is 0 Å². The van der Waals surface area contributed by atoms with Crippen LogP contribution in [0.25, 0.3) is 0 Å². The molecule has 0 N–H and O–H groups in total. The fraction of sp³-hybridized carbons (Fsp3) is 0.500. The molecule has 4 heterocycles. The number of likely N-dealkylation sites (tertiary alicyclic amines) is 1. The molecule has 1 fully saturated rings. The van der Waals surface area contributed by atoms with Crippen LogP contribution in [0.1, 0.15) is 47.7 Å². The molecule has 2 amide bonds. The van der Waals surface area contributed by atoms with Gasteiger partial charge in [0.1, 0.15) is 5.82 Å². The maximum atomic E-state index is 12.6. The van der Waals surface area contributed by atoms with Gasteiger partial charge in [0.2, 0.25) is 5.91 Å². The molecule has 2 aromatic rings. The summed E-state index contributed by atoms with van der Waals surface area (Å²) in [6.45, 7) is 4.88. The van der Waals surface area contributed by atoms with Gasteiger partial charge in [-0.15, -0.1) is 10.2 Å². The summed E-state index contributed by atoms with van der Waals surface area (Å²) in [5, 5.41) is 8.73. The number of piperidine rings is 1. The van der Waals surface area contributed by atoms with Crippen LogP contribution < -0.4 is 0 Å². The van der Waals surface area contributed by atoms with Crippen molar-refractivity contribution in [2.45, 2.75) is 38.8 Å². The molecule has 4 rings (SSSR count). The minimum absolute atomic E-state index is 0.0330. The summed E-state index contributed by atoms with van der Waals surface area (Å²) in [5.41, 5.74) is 0.588. The molecular weight excluding hydrogens is 332 g/mol. The number of nitrogens with zero attached hydrogens (tertiary/aromatic N) is 6. The van der Waals surface area contributed by atoms with E-state index in [1.54, 1.807) is 36.4 Å². The summed E-state index contributed by atoms with van der Waals surface area (Å²) in [4.78, 5) is 32.0. The molecular formula is C18H22N6O2. The highest BCUT2D eigenvalue weighted by Gasteiger charge is 2.31. The number of carbonyl (C=O) groups excluding carboxylic acids is 2. The zero-order valence-electron chi connectivity index (χ0n) is 14.8. The summed E-state index contributed by atoms with van der Waals surface area (Å²) in [6, 6.07) is 3.54. The molecule has 0 aromatic carbocycles. The van der Waals surface area contributed by atoms with Crippen molar-refractivity contribution in [3.8, 4) is 0 Å². The first-order valence-electron chi connectivity index (χ1n) is 9.00. The van der Waals surface area contributed by atoms with Crippen molar-refractivity contribution < 1.29 is 9.59 Å². The first kappa shape index (κ1) is 16.7. The Kier molecular flexibility index (Phi) is 4.40. The molecule has 2 aliphatic rings. The van der Waals surface area contributed by atoms with Crippen LogP contribution >= 0.6 is 0 Å². The van der Waals surface area contributed by atoms with E-state index < -0.39 is 0 Å². The Morgan fingerprint density at radius 2 is 2.04 bits per heavy atom. The normalized spacial score (nSPS) is 20.0. The monoisotopic (exact) mass is 354 g/mol. The van der Waals surface area contributed by atoms with Crippen LogP contribution in [-0.2, 0) is 17.9 Å². The Morgan fingerprint density at radius 3 is 2.81 bits per heavy atom. The van der Waals surface area contributed by atoms with Gasteiger partial charge in [-0.3, -0.25) is 14.6 Å². The maximum Gasteiger partial charge on any atom is 0.255 e. The van der Waals surface area contributed by atoms with Crippen LogP contribution in [0.5, 0.6) is 0 Å². The molecule has 0 aliphatic carbocycles. The average molecular weight is 354 g/mol. The molecule has 2 aromatic heterocycles. The fourth-order valence-electron chi connectivity index (χ4n) is 3.80. The third kappa shape index (κ3) is 3.07. The summed E-state index contributed by atoms with van der Waals surface area (Å²) in [7, 11) is 0. The lowest BCUT2D eigenvalue weighted by Crippen LogP contribution is -2.41. The van der Waals surface area contributed by atoms with E-state index in [2.05, 4.69) is 19.7 Å². The van der Waals surface area contributed by atoms with E-state index in [9.17, 15) is 9.59 Å². The molecule has 2 aliphatic heterocycles. The van der Waals surface area contributed by atoms with Crippen LogP contribution in [0.4, 0.5) is 0 Å². The fourth-order valence-corrected chi connectivity index (χ4v) is 3.80. The van der Waals surface area contributed by atoms with Crippen molar-refractivity contribution in [2.75, 3.05) is 19.6 Å². The first-order valence-corrected chi connectivity index (χ1v) is 9.00. The summed E-state index contributed by atoms with van der Waals surface area (Å²) in [5.74, 6) is 2.05. The maximum absolute atomic E-state index is 12.6. The van der Waals surface area contributed by atoms with Crippen molar-refractivity contribution in [1.82, 2.24) is 29.5 Å². The predicted molar refractivity (Wildman–Crippen MR) is 93.2 cm³/mol. The third-order valence-electron chi connectivity index (χ3n) is 5.21. The van der Waals surface area contributed by atoms with Crippen LogP contribution in [0.15, 0.2) is 24.5 Å². The Hall–Kier alpha value is -2.77. The second-order valence-corrected chi connectivity index (χ2v) is 6.90. The zero-order valence-corrected chi connectivity index (χ0v) is 14.8. The predicted octanol–water partition coefficient (Wildman–Crippen LogP) is 1.05. The summed E-state index contributed by atoms with van der Waals surface area (Å²) < 4.78 is 2.13. The van der Waals surface area contributed by atoms with E-state index in [0.29, 0.717) is 31.7 Å². The van der Waals surface area contributed by atoms with Gasteiger partial charge in [0, 0.05) is 51.4 Å². The third-order valence-corrected chi connectivity index (χ3v) is 5.21. The molecule has 0 radical (unpaired) electrons. The van der Waals surface area contributed by atoms with Gasteiger partial charge in [0.15, 0.2) is 5.82 Å². The minimum atomic E-state index is -0.0330. The number of fused-ring (bicyclic) bond motifs is 1. The van der Waals surface area contributed by atoms with Gasteiger partial charge in [-0.1, -0.05) is 0 Å². The highest BCUT2D eigenvalue weighted by molar-refractivity contribution is 5.93. The molecule has 26 heavy (non-hydrogen) atoms. The molecule has 1 unspecified atom stereocenters. The lowest BCUT2D eigenvalue weighted by molar-refractivity contribution is -0.130. The van der Waals surface area contributed by atoms with Crippen molar-refractivity contribution in [3.05, 3.63) is 41.7 Å². The minimum Gasteiger partial charge on any atom is -0.342 e. The van der Waals surface area contributed by atoms with E-state index >= 15 is 0 Å². The quantitative estimate of drug-likeness (QED) is 0.805. The van der Waals surface area contributed by atoms with Crippen molar-refractivity contribution in [2.24, 2.45) is 0 Å². The van der Waals surface area contributed by atoms with Crippen molar-refractivity contribution >= 4 is 11.8 Å². The SMILES string of the molecule is CC(=O)N1CCCC(c2nnc3n2CCN(C(=O)c2cccnc2)C3)C1. The number of aromatic nitrogens is 4. The summed E-state index contributed by atoms with van der Waals surface area (Å²) >= 11 is 0. The molecule has 0 saturated carbocycles. The average Bonchev–Trinajstić information content (AvgIpc) is 3.11. The van der Waals surface area contributed by atoms with E-state index in [-0.39, 0.29) is 17.7 Å². The standard InChI is InChI=1S/C18H22N6O2/c1-13(25)22-7-3-5-15(11-22)17-21-20-16-12-23(8-9-24(16)17)18(26)14-4-2-6-19-10-14/h2,4,6,10,15H,3,5,7-9,11-12H2,1H3. The van der Waals surface area contributed by atoms with E-state index in [0.717, 1.165) is 31.0 Å². The van der Waals surface area contributed by atoms with E-state index in [1.807, 2.05) is 4.90 Å². The zero-order chi connectivity index (χ0) is 18.1. The number of rotatable bonds is 2. The van der Waals surface area contributed by atoms with E-state index in [1.165, 1.54) is 0 Å². The Morgan fingerprint density at radius 1 is 1.15 bits per heavy atom. The Labute approximate surface area is 151 Å². The number of amides is 2. The molecule has 0 bridgehead atoms. The Balaban J connectivity index is 1.50. The molecule has 136 valence electrons. The molecule has 8 nitrogen and oxygen atoms in total. The largest absolute Gasteiger partial charge is 0.342 e. The lowest BCUT2D eigenvalue weighted by Gasteiger charge is -2.33. The van der Waals surface area contributed by atoms with Gasteiger partial charge in [-0.2, -0.15) is 0 Å². The molecule has 8 heteroatoms. The topological polar surface area (TPSA) is 84.2 Å². The van der Waals surface area contributed by atoms with Crippen LogP contribution in [-0.4, -0.2) is 61.0 Å². The smallest absolute Gasteiger partial charge is 0.255 e. The van der Waals surface area contributed by atoms with Crippen LogP contribution in [0, 0.1) is 0 Å². The second kappa shape index (κ2) is 6.86. The molecule has 1 saturated heterocycles. The number of hydrogen-bond donors (Lipinski definition) is 0. The Bertz CT molecular complexity index is 818. The number of hydrogen-bond acceptors (Lipinski definition) is 5. The number of pyridine rings is 1. The van der Waals surface area contributed by atoms with Gasteiger partial charge in [-0.05, 0) is 25.0 Å². The van der Waals surface area contributed by atoms with Gasteiger partial charge in [0.05, 0.1) is 12.1 Å². The van der Waals surface area contributed by atoms with Crippen LogP contribution in [0.3, 0.4) is 0 Å². The van der Waals surface area contributed by atoms with E-state index in [4.69, 9.17) is 0 Å². The lowest BCUT2D eigenvalue weighted by atomic mass is 9.97. The molecule has 1 atom stereocenters. The van der Waals surface area contributed by atoms with Gasteiger partial charge >= 0.3 is 0 Å². The highest BCUT2D eigenvalue weighted by atomic mass is 16.2. The van der Waals surface area contributed by atoms with Crippen molar-refractivity contribution in [3.63, 3.8) is 0 Å². The molecule has 0 spiro atoms. The second-order valence-electron chi connectivity index (χ2n) is 6.90. The van der Waals surface area contributed by atoms with Gasteiger partial charge < -0.3 is 14.4 Å². The van der Waals surface area contributed by atoms with Gasteiger partial charge in [-0.25, -0.2) is 0 Å². The van der Waals surface area contributed by atoms with Crippen LogP contribution in [0.2, 0.25) is 0 Å². The highest BCUT2D eigenvalue weighted by Crippen LogP contribution is 2.27. The number of carbonyl (C=O) groups is 2. The van der Waals surface area contributed by atoms with Gasteiger partial charge in [0.25, 0.3) is 5.91 Å². The summed E-state index contributed by atoms with van der Waals surface area (Å²) in [6.07, 6.45) is 5.24.